The standard InChI is InChI=1S/C24H25N7O2/c1-18-26-23-21(16-25-31(23)20-10-6-3-7-11-20)24(33)30(18)27-22(32)17-28-12-14-29(15-13-28)19-8-4-2-5-9-19/h2-11,16H,12-15,17H2,1H3,(H,27,32). The molecule has 168 valence electrons. The number of nitrogens with zero attached hydrogens (tertiary/aromatic N) is 6. The van der Waals surface area contributed by atoms with E-state index in [9.17, 15) is 9.59 Å². The number of hydrogen-bond donors (Lipinski definition) is 1. The molecule has 0 saturated carbocycles. The number of amides is 1. The molecule has 0 spiro atoms. The highest BCUT2D eigenvalue weighted by atomic mass is 16.2. The minimum absolute atomic E-state index is 0.218. The van der Waals surface area contributed by atoms with Crippen LogP contribution in [0.25, 0.3) is 16.7 Å². The first-order valence-electron chi connectivity index (χ1n) is 11.0. The van der Waals surface area contributed by atoms with Crippen LogP contribution in [0.15, 0.2) is 71.7 Å². The molecule has 0 radical (unpaired) electrons. The normalized spacial score (nSPS) is 14.5. The van der Waals surface area contributed by atoms with Crippen LogP contribution in [-0.2, 0) is 4.79 Å². The van der Waals surface area contributed by atoms with Gasteiger partial charge in [0, 0.05) is 31.9 Å². The first kappa shape index (κ1) is 20.9. The highest BCUT2D eigenvalue weighted by Crippen LogP contribution is 2.16. The van der Waals surface area contributed by atoms with E-state index in [0.29, 0.717) is 16.9 Å². The molecule has 33 heavy (non-hydrogen) atoms. The number of para-hydroxylation sites is 2. The smallest absolute Gasteiger partial charge is 0.283 e. The number of hydrogen-bond acceptors (Lipinski definition) is 6. The molecule has 0 bridgehead atoms. The van der Waals surface area contributed by atoms with Crippen LogP contribution in [-0.4, -0.2) is 63.0 Å². The molecule has 1 N–H and O–H groups in total. The molecule has 1 aliphatic heterocycles. The Balaban J connectivity index is 1.28. The van der Waals surface area contributed by atoms with E-state index in [2.05, 4.69) is 37.4 Å². The number of rotatable bonds is 5. The van der Waals surface area contributed by atoms with Gasteiger partial charge < -0.3 is 4.90 Å². The summed E-state index contributed by atoms with van der Waals surface area (Å²) in [5.74, 6) is 0.150. The molecule has 4 aromatic rings. The van der Waals surface area contributed by atoms with Crippen LogP contribution in [0.5, 0.6) is 0 Å². The summed E-state index contributed by atoms with van der Waals surface area (Å²) < 4.78 is 2.84. The number of carbonyl (C=O) groups excluding carboxylic acids is 1. The Labute approximate surface area is 190 Å². The van der Waals surface area contributed by atoms with Gasteiger partial charge in [-0.05, 0) is 31.2 Å². The lowest BCUT2D eigenvalue weighted by Crippen LogP contribution is -2.50. The average molecular weight is 444 g/mol. The van der Waals surface area contributed by atoms with Crippen LogP contribution < -0.4 is 15.9 Å². The van der Waals surface area contributed by atoms with Gasteiger partial charge in [0.15, 0.2) is 5.65 Å². The first-order chi connectivity index (χ1) is 16.1. The zero-order chi connectivity index (χ0) is 22.8. The molecule has 9 heteroatoms. The lowest BCUT2D eigenvalue weighted by molar-refractivity contribution is -0.118. The topological polar surface area (TPSA) is 88.3 Å². The molecule has 1 aliphatic rings. The van der Waals surface area contributed by atoms with Crippen LogP contribution in [0.1, 0.15) is 5.82 Å². The van der Waals surface area contributed by atoms with Crippen molar-refractivity contribution >= 4 is 22.6 Å². The minimum atomic E-state index is -0.345. The van der Waals surface area contributed by atoms with E-state index in [4.69, 9.17) is 0 Å². The Morgan fingerprint density at radius 3 is 2.24 bits per heavy atom. The molecule has 1 saturated heterocycles. The molecule has 5 rings (SSSR count). The number of nitrogens with one attached hydrogen (secondary N) is 1. The van der Waals surface area contributed by atoms with Crippen LogP contribution in [0.3, 0.4) is 0 Å². The number of aromatic nitrogens is 4. The Bertz CT molecular complexity index is 1320. The molecule has 0 atom stereocenters. The van der Waals surface area contributed by atoms with Gasteiger partial charge in [0.05, 0.1) is 18.4 Å². The van der Waals surface area contributed by atoms with Crippen molar-refractivity contribution in [3.8, 4) is 5.69 Å². The molecule has 0 aliphatic carbocycles. The van der Waals surface area contributed by atoms with E-state index in [1.807, 2.05) is 48.5 Å². The van der Waals surface area contributed by atoms with Gasteiger partial charge in [-0.1, -0.05) is 36.4 Å². The van der Waals surface area contributed by atoms with Crippen LogP contribution in [0.2, 0.25) is 0 Å². The highest BCUT2D eigenvalue weighted by molar-refractivity contribution is 5.86. The van der Waals surface area contributed by atoms with Crippen molar-refractivity contribution in [2.75, 3.05) is 43.0 Å². The van der Waals surface area contributed by atoms with Gasteiger partial charge in [-0.2, -0.15) is 5.10 Å². The van der Waals surface area contributed by atoms with E-state index < -0.39 is 0 Å². The van der Waals surface area contributed by atoms with Crippen molar-refractivity contribution in [1.29, 1.82) is 0 Å². The number of fused-ring (bicyclic) bond motifs is 1. The second-order valence-corrected chi connectivity index (χ2v) is 8.06. The molecular formula is C24H25N7O2. The summed E-state index contributed by atoms with van der Waals surface area (Å²) in [6.07, 6.45) is 1.49. The van der Waals surface area contributed by atoms with Crippen LogP contribution >= 0.6 is 0 Å². The lowest BCUT2D eigenvalue weighted by atomic mass is 10.2. The van der Waals surface area contributed by atoms with Gasteiger partial charge in [0.1, 0.15) is 11.2 Å². The van der Waals surface area contributed by atoms with Gasteiger partial charge in [0.25, 0.3) is 11.5 Å². The summed E-state index contributed by atoms with van der Waals surface area (Å²) in [7, 11) is 0. The van der Waals surface area contributed by atoms with Crippen LogP contribution in [0, 0.1) is 6.92 Å². The Morgan fingerprint density at radius 2 is 1.58 bits per heavy atom. The Morgan fingerprint density at radius 1 is 0.939 bits per heavy atom. The monoisotopic (exact) mass is 443 g/mol. The third kappa shape index (κ3) is 4.22. The van der Waals surface area contributed by atoms with Gasteiger partial charge in [-0.25, -0.2) is 14.3 Å². The maximum Gasteiger partial charge on any atom is 0.283 e. The van der Waals surface area contributed by atoms with E-state index >= 15 is 0 Å². The number of piperazine rings is 1. The van der Waals surface area contributed by atoms with Crippen molar-refractivity contribution in [3.63, 3.8) is 0 Å². The fourth-order valence-corrected chi connectivity index (χ4v) is 4.13. The molecule has 1 fully saturated rings. The minimum Gasteiger partial charge on any atom is -0.369 e. The molecule has 9 nitrogen and oxygen atoms in total. The summed E-state index contributed by atoms with van der Waals surface area (Å²) in [5.41, 5.74) is 4.85. The van der Waals surface area contributed by atoms with Gasteiger partial charge in [0.2, 0.25) is 0 Å². The summed E-state index contributed by atoms with van der Waals surface area (Å²) in [5, 5.41) is 4.68. The molecule has 2 aromatic carbocycles. The average Bonchev–Trinajstić information content (AvgIpc) is 3.27. The molecule has 2 aromatic heterocycles. The summed E-state index contributed by atoms with van der Waals surface area (Å²) in [6.45, 7) is 5.16. The Kier molecular flexibility index (Phi) is 5.62. The van der Waals surface area contributed by atoms with Crippen molar-refractivity contribution < 1.29 is 4.79 Å². The van der Waals surface area contributed by atoms with Crippen molar-refractivity contribution in [3.05, 3.63) is 83.0 Å². The first-order valence-corrected chi connectivity index (χ1v) is 11.0. The predicted molar refractivity (Wildman–Crippen MR) is 127 cm³/mol. The molecule has 0 unspecified atom stereocenters. The fourth-order valence-electron chi connectivity index (χ4n) is 4.13. The predicted octanol–water partition coefficient (Wildman–Crippen LogP) is 1.78. The summed E-state index contributed by atoms with van der Waals surface area (Å²) >= 11 is 0. The van der Waals surface area contributed by atoms with Crippen molar-refractivity contribution in [1.82, 2.24) is 24.3 Å². The maximum atomic E-state index is 13.1. The van der Waals surface area contributed by atoms with Gasteiger partial charge in [-0.3, -0.25) is 19.9 Å². The third-order valence-corrected chi connectivity index (χ3v) is 5.87. The molecular weight excluding hydrogens is 418 g/mol. The van der Waals surface area contributed by atoms with E-state index in [0.717, 1.165) is 31.9 Å². The zero-order valence-electron chi connectivity index (χ0n) is 18.4. The van der Waals surface area contributed by atoms with Gasteiger partial charge in [-0.15, -0.1) is 0 Å². The van der Waals surface area contributed by atoms with E-state index in [-0.39, 0.29) is 18.0 Å². The number of benzene rings is 2. The van der Waals surface area contributed by atoms with Crippen LogP contribution in [0.4, 0.5) is 5.69 Å². The third-order valence-electron chi connectivity index (χ3n) is 5.87. The second-order valence-electron chi connectivity index (χ2n) is 8.06. The zero-order valence-corrected chi connectivity index (χ0v) is 18.4. The SMILES string of the molecule is Cc1nc2c(cnn2-c2ccccc2)c(=O)n1NC(=O)CN1CCN(c2ccccc2)CC1. The van der Waals surface area contributed by atoms with Crippen molar-refractivity contribution in [2.24, 2.45) is 0 Å². The highest BCUT2D eigenvalue weighted by Gasteiger charge is 2.21. The van der Waals surface area contributed by atoms with Gasteiger partial charge >= 0.3 is 0 Å². The Hall–Kier alpha value is -3.98. The molecule has 3 heterocycles. The number of aryl methyl sites for hydroxylation is 1. The summed E-state index contributed by atoms with van der Waals surface area (Å²) in [4.78, 5) is 34.7. The maximum absolute atomic E-state index is 13.1. The number of anilines is 1. The lowest BCUT2D eigenvalue weighted by Gasteiger charge is -2.35. The van der Waals surface area contributed by atoms with E-state index in [1.54, 1.807) is 11.6 Å². The quantitative estimate of drug-likeness (QED) is 0.506. The molecule has 1 amide bonds. The largest absolute Gasteiger partial charge is 0.369 e. The number of carbonyl (C=O) groups is 1. The summed E-state index contributed by atoms with van der Waals surface area (Å²) in [6, 6.07) is 19.8. The van der Waals surface area contributed by atoms with E-state index in [1.165, 1.54) is 16.6 Å². The second kappa shape index (κ2) is 8.87. The fraction of sp³-hybridized carbons (Fsp3) is 0.250. The van der Waals surface area contributed by atoms with Crippen molar-refractivity contribution in [2.45, 2.75) is 6.92 Å².